The van der Waals surface area contributed by atoms with Gasteiger partial charge in [0.2, 0.25) is 0 Å². The van der Waals surface area contributed by atoms with Crippen LogP contribution in [-0.4, -0.2) is 83.9 Å². The number of phenols is 2. The molecular formula is C31H30O13. The highest BCUT2D eigenvalue weighted by Crippen LogP contribution is 2.45. The Morgan fingerprint density at radius 3 is 2.18 bits per heavy atom. The van der Waals surface area contributed by atoms with Gasteiger partial charge in [-0.05, 0) is 42.5 Å². The minimum atomic E-state index is -1.80. The van der Waals surface area contributed by atoms with E-state index in [0.717, 1.165) is 12.1 Å². The Bertz CT molecular complexity index is 1730. The summed E-state index contributed by atoms with van der Waals surface area (Å²) in [5.74, 6) is -0.886. The summed E-state index contributed by atoms with van der Waals surface area (Å²) in [6.07, 6.45) is -7.97. The molecule has 2 heterocycles. The summed E-state index contributed by atoms with van der Waals surface area (Å²) < 4.78 is 33.8. The molecule has 44 heavy (non-hydrogen) atoms. The number of carbonyl (C=O) groups excluding carboxylic acids is 1. The zero-order valence-electron chi connectivity index (χ0n) is 23.8. The molecule has 5 N–H and O–H groups in total. The highest BCUT2D eigenvalue weighted by atomic mass is 16.6. The second-order valence-corrected chi connectivity index (χ2v) is 9.94. The van der Waals surface area contributed by atoms with Gasteiger partial charge >= 0.3 is 5.97 Å². The molecule has 0 bridgehead atoms. The number of phenolic OH excluding ortho intramolecular Hbond substituents is 2. The lowest BCUT2D eigenvalue weighted by molar-refractivity contribution is -0.231. The van der Waals surface area contributed by atoms with Crippen molar-refractivity contribution in [3.05, 3.63) is 75.9 Å². The van der Waals surface area contributed by atoms with Crippen LogP contribution in [0.25, 0.3) is 22.3 Å². The number of aliphatic hydroxyl groups excluding tert-OH is 3. The molecule has 1 aliphatic rings. The highest BCUT2D eigenvalue weighted by molar-refractivity contribution is 5.91. The third kappa shape index (κ3) is 5.49. The minimum Gasteiger partial charge on any atom is -0.508 e. The van der Waals surface area contributed by atoms with E-state index in [1.807, 2.05) is 0 Å². The lowest BCUT2D eigenvalue weighted by Crippen LogP contribution is -2.56. The zero-order chi connectivity index (χ0) is 31.7. The number of esters is 1. The Morgan fingerprint density at radius 1 is 0.864 bits per heavy atom. The number of hydrogen-bond acceptors (Lipinski definition) is 13. The van der Waals surface area contributed by atoms with Crippen LogP contribution in [0, 0.1) is 0 Å². The Kier molecular flexibility index (Phi) is 8.65. The van der Waals surface area contributed by atoms with Gasteiger partial charge in [-0.1, -0.05) is 0 Å². The summed E-state index contributed by atoms with van der Waals surface area (Å²) in [6, 6.07) is 12.3. The highest BCUT2D eigenvalue weighted by Gasteiger charge is 2.49. The van der Waals surface area contributed by atoms with Crippen LogP contribution in [0.3, 0.4) is 0 Å². The van der Waals surface area contributed by atoms with E-state index < -0.39 is 54.3 Å². The third-order valence-corrected chi connectivity index (χ3v) is 7.37. The molecule has 232 valence electrons. The predicted octanol–water partition coefficient (Wildman–Crippen LogP) is 2.28. The molecule has 0 spiro atoms. The SMILES string of the molecule is COc1ccc(C(=O)OC2C(c3c(OC)cc(O)c4c(=O)cc(-c5ccc(O)cc5)oc34)OC(CO)C(O)C2O)cc1OC. The average molecular weight is 611 g/mol. The number of rotatable bonds is 8. The number of fused-ring (bicyclic) bond motifs is 1. The molecule has 4 aromatic rings. The predicted molar refractivity (Wildman–Crippen MR) is 153 cm³/mol. The lowest BCUT2D eigenvalue weighted by atomic mass is 9.89. The Hall–Kier alpha value is -4.82. The van der Waals surface area contributed by atoms with Crippen LogP contribution in [0.1, 0.15) is 22.0 Å². The van der Waals surface area contributed by atoms with Crippen molar-refractivity contribution in [1.82, 2.24) is 0 Å². The van der Waals surface area contributed by atoms with Gasteiger partial charge in [0.25, 0.3) is 0 Å². The van der Waals surface area contributed by atoms with Crippen molar-refractivity contribution < 1.29 is 58.4 Å². The van der Waals surface area contributed by atoms with E-state index in [9.17, 15) is 35.1 Å². The first kappa shape index (κ1) is 30.6. The number of ether oxygens (including phenoxy) is 5. The van der Waals surface area contributed by atoms with Gasteiger partial charge in [0.05, 0.1) is 39.1 Å². The molecule has 0 saturated carbocycles. The van der Waals surface area contributed by atoms with Crippen LogP contribution in [0.5, 0.6) is 28.7 Å². The molecule has 1 aliphatic heterocycles. The first-order valence-corrected chi connectivity index (χ1v) is 13.3. The van der Waals surface area contributed by atoms with Crippen LogP contribution in [0.4, 0.5) is 0 Å². The first-order chi connectivity index (χ1) is 21.1. The molecule has 5 unspecified atom stereocenters. The maximum atomic E-state index is 13.4. The summed E-state index contributed by atoms with van der Waals surface area (Å²) in [5.41, 5.74) is -0.511. The number of methoxy groups -OCH3 is 3. The smallest absolute Gasteiger partial charge is 0.338 e. The van der Waals surface area contributed by atoms with E-state index in [2.05, 4.69) is 0 Å². The average Bonchev–Trinajstić information content (AvgIpc) is 3.03. The van der Waals surface area contributed by atoms with Gasteiger partial charge in [0, 0.05) is 17.7 Å². The van der Waals surface area contributed by atoms with E-state index in [1.165, 1.54) is 63.8 Å². The van der Waals surface area contributed by atoms with Gasteiger partial charge in [0.15, 0.2) is 28.6 Å². The fraction of sp³-hybridized carbons (Fsp3) is 0.290. The molecule has 0 radical (unpaired) electrons. The third-order valence-electron chi connectivity index (χ3n) is 7.37. The van der Waals surface area contributed by atoms with Crippen molar-refractivity contribution in [2.24, 2.45) is 0 Å². The molecule has 1 saturated heterocycles. The summed E-state index contributed by atoms with van der Waals surface area (Å²) in [6.45, 7) is -0.730. The summed E-state index contributed by atoms with van der Waals surface area (Å²) >= 11 is 0. The maximum absolute atomic E-state index is 13.4. The molecule has 13 heteroatoms. The van der Waals surface area contributed by atoms with Gasteiger partial charge in [-0.2, -0.15) is 0 Å². The number of aliphatic hydroxyl groups is 3. The van der Waals surface area contributed by atoms with E-state index >= 15 is 0 Å². The number of aromatic hydroxyl groups is 2. The standard InChI is InChI=1S/C31H30O13/c1-39-19-9-6-15(10-21(19)40-2)31(38)44-30-27(37)26(36)23(13-32)43-29(30)25-22(41-3)12-18(35)24-17(34)11-20(42-28(24)25)14-4-7-16(33)8-5-14/h4-12,23,26-27,29-30,32-33,35-37H,13H2,1-3H3. The fourth-order valence-corrected chi connectivity index (χ4v) is 5.13. The van der Waals surface area contributed by atoms with Gasteiger partial charge in [0.1, 0.15) is 52.8 Å². The van der Waals surface area contributed by atoms with E-state index in [4.69, 9.17) is 28.1 Å². The first-order valence-electron chi connectivity index (χ1n) is 13.3. The Morgan fingerprint density at radius 2 is 1.55 bits per heavy atom. The number of hydrogen-bond donors (Lipinski definition) is 5. The largest absolute Gasteiger partial charge is 0.508 e. The van der Waals surface area contributed by atoms with Gasteiger partial charge in [-0.25, -0.2) is 4.79 Å². The monoisotopic (exact) mass is 610 g/mol. The molecule has 0 amide bonds. The Labute approximate surface area is 250 Å². The Balaban J connectivity index is 1.68. The molecule has 5 atom stereocenters. The van der Waals surface area contributed by atoms with Crippen LogP contribution < -0.4 is 19.6 Å². The second-order valence-electron chi connectivity index (χ2n) is 9.94. The molecule has 3 aromatic carbocycles. The normalized spacial score (nSPS) is 21.5. The molecule has 0 aliphatic carbocycles. The van der Waals surface area contributed by atoms with Crippen molar-refractivity contribution in [2.45, 2.75) is 30.5 Å². The molecule has 1 fully saturated rings. The van der Waals surface area contributed by atoms with Gasteiger partial charge in [-0.3, -0.25) is 4.79 Å². The van der Waals surface area contributed by atoms with Crippen molar-refractivity contribution in [2.75, 3.05) is 27.9 Å². The van der Waals surface area contributed by atoms with E-state index in [-0.39, 0.29) is 45.1 Å². The maximum Gasteiger partial charge on any atom is 0.338 e. The van der Waals surface area contributed by atoms with Crippen molar-refractivity contribution >= 4 is 16.9 Å². The summed E-state index contributed by atoms with van der Waals surface area (Å²) in [7, 11) is 4.08. The number of benzene rings is 3. The van der Waals surface area contributed by atoms with Crippen molar-refractivity contribution in [3.8, 4) is 40.1 Å². The minimum absolute atomic E-state index is 0.0102. The van der Waals surface area contributed by atoms with Crippen molar-refractivity contribution in [1.29, 1.82) is 0 Å². The van der Waals surface area contributed by atoms with Crippen molar-refractivity contribution in [3.63, 3.8) is 0 Å². The second kappa shape index (κ2) is 12.4. The van der Waals surface area contributed by atoms with E-state index in [1.54, 1.807) is 0 Å². The summed E-state index contributed by atoms with van der Waals surface area (Å²) in [5, 5.41) is 52.1. The quantitative estimate of drug-likeness (QED) is 0.183. The van der Waals surface area contributed by atoms with Crippen LogP contribution >= 0.6 is 0 Å². The lowest BCUT2D eigenvalue weighted by Gasteiger charge is -2.42. The molecule has 1 aromatic heterocycles. The van der Waals surface area contributed by atoms with E-state index in [0.29, 0.717) is 11.3 Å². The zero-order valence-corrected chi connectivity index (χ0v) is 23.8. The van der Waals surface area contributed by atoms with Gasteiger partial charge in [-0.15, -0.1) is 0 Å². The van der Waals surface area contributed by atoms with Crippen LogP contribution in [-0.2, 0) is 9.47 Å². The fourth-order valence-electron chi connectivity index (χ4n) is 5.13. The molecule has 13 nitrogen and oxygen atoms in total. The van der Waals surface area contributed by atoms with Crippen LogP contribution in [0.15, 0.2) is 63.8 Å². The molecular weight excluding hydrogens is 580 g/mol. The topological polar surface area (TPSA) is 195 Å². The summed E-state index contributed by atoms with van der Waals surface area (Å²) in [4.78, 5) is 26.7. The molecule has 5 rings (SSSR count). The van der Waals surface area contributed by atoms with Gasteiger partial charge < -0.3 is 53.6 Å². The number of carbonyl (C=O) groups is 1. The van der Waals surface area contributed by atoms with Crippen LogP contribution in [0.2, 0.25) is 0 Å².